The highest BCUT2D eigenvalue weighted by Gasteiger charge is 2.23. The maximum Gasteiger partial charge on any atom is 0.268 e. The van der Waals surface area contributed by atoms with Crippen LogP contribution in [0.5, 0.6) is 0 Å². The van der Waals surface area contributed by atoms with Gasteiger partial charge in [-0.25, -0.2) is 12.4 Å². The van der Waals surface area contributed by atoms with Gasteiger partial charge in [0.2, 0.25) is 5.91 Å². The van der Waals surface area contributed by atoms with Crippen LogP contribution in [0, 0.1) is 0 Å². The van der Waals surface area contributed by atoms with E-state index in [1.54, 1.807) is 18.2 Å². The topological polar surface area (TPSA) is 111 Å². The molecule has 1 aromatic heterocycles. The lowest BCUT2D eigenvalue weighted by molar-refractivity contribution is -0.113. The van der Waals surface area contributed by atoms with E-state index in [0.717, 1.165) is 27.2 Å². The van der Waals surface area contributed by atoms with Gasteiger partial charge in [0.15, 0.2) is 0 Å². The highest BCUT2D eigenvalue weighted by molar-refractivity contribution is 7.90. The van der Waals surface area contributed by atoms with Gasteiger partial charge < -0.3 is 16.4 Å². The molecule has 7 nitrogen and oxygen atoms in total. The van der Waals surface area contributed by atoms with Crippen molar-refractivity contribution in [2.75, 3.05) is 19.8 Å². The Morgan fingerprint density at radius 1 is 0.944 bits per heavy atom. The fourth-order valence-corrected chi connectivity index (χ4v) is 5.43. The second-order valence-electron chi connectivity index (χ2n) is 8.75. The first-order valence-electron chi connectivity index (χ1n) is 11.3. The van der Waals surface area contributed by atoms with Gasteiger partial charge in [-0.15, -0.1) is 0 Å². The smallest absolute Gasteiger partial charge is 0.268 e. The Hall–Kier alpha value is -4.14. The van der Waals surface area contributed by atoms with Crippen LogP contribution in [0.2, 0.25) is 0 Å². The fourth-order valence-electron chi connectivity index (χ4n) is 4.03. The Labute approximate surface area is 211 Å². The molecule has 1 heterocycles. The van der Waals surface area contributed by atoms with Crippen molar-refractivity contribution in [3.05, 3.63) is 102 Å². The van der Waals surface area contributed by atoms with Crippen LogP contribution < -0.4 is 11.5 Å². The molecule has 4 rings (SSSR count). The monoisotopic (exact) mass is 500 g/mol. The molecule has 0 radical (unpaired) electrons. The molecule has 0 bridgehead atoms. The number of nitrogen functional groups attached to an aromatic ring is 1. The highest BCUT2D eigenvalue weighted by Crippen LogP contribution is 2.36. The molecule has 4 N–H and O–H groups in total. The summed E-state index contributed by atoms with van der Waals surface area (Å²) in [6, 6.07) is 22.2. The van der Waals surface area contributed by atoms with Crippen LogP contribution in [-0.2, 0) is 21.4 Å². The van der Waals surface area contributed by atoms with Gasteiger partial charge >= 0.3 is 0 Å². The Morgan fingerprint density at radius 2 is 1.69 bits per heavy atom. The van der Waals surface area contributed by atoms with E-state index in [1.807, 2.05) is 56.6 Å². The SMILES string of the molecule is CN(C)Cc1cccc(-c2ccc(S(=O)(=O)n3ccc(/C=C/C(N)=O)c3)c(-c3ccccc3N)c2)c1. The number of benzene rings is 3. The molecule has 1 amide bonds. The van der Waals surface area contributed by atoms with Crippen molar-refractivity contribution in [2.45, 2.75) is 11.4 Å². The van der Waals surface area contributed by atoms with Crippen LogP contribution in [0.3, 0.4) is 0 Å². The molecule has 8 heteroatoms. The molecular formula is C28H28N4O3S. The molecule has 0 fully saturated rings. The minimum atomic E-state index is -3.97. The number of carbonyl (C=O) groups excluding carboxylic acids is 1. The number of aromatic nitrogens is 1. The minimum absolute atomic E-state index is 0.120. The number of anilines is 1. The van der Waals surface area contributed by atoms with Gasteiger partial charge in [-0.3, -0.25) is 4.79 Å². The van der Waals surface area contributed by atoms with E-state index >= 15 is 0 Å². The number of carbonyl (C=O) groups is 1. The summed E-state index contributed by atoms with van der Waals surface area (Å²) >= 11 is 0. The van der Waals surface area contributed by atoms with Crippen molar-refractivity contribution in [3.8, 4) is 22.3 Å². The van der Waals surface area contributed by atoms with Gasteiger partial charge in [0.1, 0.15) is 0 Å². The average Bonchev–Trinajstić information content (AvgIpc) is 3.33. The number of nitrogens with zero attached hydrogens (tertiary/aromatic N) is 2. The third kappa shape index (κ3) is 5.40. The molecule has 3 aromatic carbocycles. The Bertz CT molecular complexity index is 1550. The van der Waals surface area contributed by atoms with Crippen LogP contribution in [0.25, 0.3) is 28.3 Å². The zero-order chi connectivity index (χ0) is 25.9. The molecule has 184 valence electrons. The number of primary amides is 1. The van der Waals surface area contributed by atoms with E-state index in [9.17, 15) is 13.2 Å². The lowest BCUT2D eigenvalue weighted by Gasteiger charge is -2.16. The lowest BCUT2D eigenvalue weighted by Crippen LogP contribution is -2.12. The number of para-hydroxylation sites is 1. The summed E-state index contributed by atoms with van der Waals surface area (Å²) in [5, 5.41) is 0. The van der Waals surface area contributed by atoms with Crippen LogP contribution in [0.4, 0.5) is 5.69 Å². The highest BCUT2D eigenvalue weighted by atomic mass is 32.2. The molecule has 0 spiro atoms. The summed E-state index contributed by atoms with van der Waals surface area (Å²) < 4.78 is 28.6. The maximum atomic E-state index is 13.7. The van der Waals surface area contributed by atoms with Crippen molar-refractivity contribution in [1.29, 1.82) is 0 Å². The summed E-state index contributed by atoms with van der Waals surface area (Å²) in [6.45, 7) is 0.791. The molecule has 0 aliphatic heterocycles. The van der Waals surface area contributed by atoms with E-state index in [4.69, 9.17) is 11.5 Å². The summed E-state index contributed by atoms with van der Waals surface area (Å²) in [7, 11) is 0.0548. The molecular weight excluding hydrogens is 472 g/mol. The molecule has 0 aliphatic rings. The van der Waals surface area contributed by atoms with Gasteiger partial charge in [0.25, 0.3) is 10.0 Å². The van der Waals surface area contributed by atoms with Crippen LogP contribution in [-0.4, -0.2) is 37.3 Å². The molecule has 0 aliphatic carbocycles. The van der Waals surface area contributed by atoms with E-state index in [2.05, 4.69) is 17.0 Å². The molecule has 0 saturated carbocycles. The summed E-state index contributed by atoms with van der Waals surface area (Å²) in [5.41, 5.74) is 16.6. The van der Waals surface area contributed by atoms with Crippen molar-refractivity contribution in [2.24, 2.45) is 5.73 Å². The van der Waals surface area contributed by atoms with E-state index in [1.165, 1.54) is 24.5 Å². The fraction of sp³-hybridized carbons (Fsp3) is 0.107. The van der Waals surface area contributed by atoms with Crippen LogP contribution >= 0.6 is 0 Å². The molecule has 0 saturated heterocycles. The number of hydrogen-bond acceptors (Lipinski definition) is 5. The Morgan fingerprint density at radius 3 is 2.42 bits per heavy atom. The van der Waals surface area contributed by atoms with Gasteiger partial charge in [-0.1, -0.05) is 42.5 Å². The largest absolute Gasteiger partial charge is 0.398 e. The normalized spacial score (nSPS) is 11.9. The molecule has 0 unspecified atom stereocenters. The van der Waals surface area contributed by atoms with E-state index in [0.29, 0.717) is 22.4 Å². The quantitative estimate of drug-likeness (QED) is 0.278. The predicted molar refractivity (Wildman–Crippen MR) is 144 cm³/mol. The molecule has 0 atom stereocenters. The zero-order valence-electron chi connectivity index (χ0n) is 20.1. The maximum absolute atomic E-state index is 13.7. The predicted octanol–water partition coefficient (Wildman–Crippen LogP) is 4.20. The number of hydrogen-bond donors (Lipinski definition) is 2. The first kappa shape index (κ1) is 25.0. The first-order valence-corrected chi connectivity index (χ1v) is 12.7. The van der Waals surface area contributed by atoms with Crippen molar-refractivity contribution >= 4 is 27.7 Å². The summed E-state index contributed by atoms with van der Waals surface area (Å²) in [6.07, 6.45) is 5.52. The molecule has 4 aromatic rings. The average molecular weight is 501 g/mol. The van der Waals surface area contributed by atoms with Crippen molar-refractivity contribution in [1.82, 2.24) is 8.87 Å². The van der Waals surface area contributed by atoms with Crippen molar-refractivity contribution in [3.63, 3.8) is 0 Å². The van der Waals surface area contributed by atoms with Crippen molar-refractivity contribution < 1.29 is 13.2 Å². The van der Waals surface area contributed by atoms with Gasteiger partial charge in [-0.2, -0.15) is 0 Å². The van der Waals surface area contributed by atoms with Gasteiger partial charge in [-0.05, 0) is 72.8 Å². The van der Waals surface area contributed by atoms with Crippen LogP contribution in [0.15, 0.2) is 96.2 Å². The second kappa shape index (κ2) is 10.2. The standard InChI is InChI=1S/C28H28N4O3S/c1-31(2)18-21-6-5-7-22(16-21)23-11-12-27(25(17-23)24-8-3-4-9-26(24)29)36(34,35)32-15-14-20(19-32)10-13-28(30)33/h3-17,19H,18,29H2,1-2H3,(H2,30,33)/b13-10+. The zero-order valence-corrected chi connectivity index (χ0v) is 20.9. The van der Waals surface area contributed by atoms with Crippen LogP contribution in [0.1, 0.15) is 11.1 Å². The van der Waals surface area contributed by atoms with E-state index in [-0.39, 0.29) is 4.90 Å². The third-order valence-electron chi connectivity index (χ3n) is 5.68. The summed E-state index contributed by atoms with van der Waals surface area (Å²) in [5.74, 6) is -0.613. The van der Waals surface area contributed by atoms with Gasteiger partial charge in [0.05, 0.1) is 4.90 Å². The third-order valence-corrected chi connectivity index (χ3v) is 7.37. The Balaban J connectivity index is 1.85. The first-order chi connectivity index (χ1) is 17.1. The number of nitrogens with two attached hydrogens (primary N) is 2. The Kier molecular flexibility index (Phi) is 7.10. The number of amides is 1. The van der Waals surface area contributed by atoms with E-state index < -0.39 is 15.9 Å². The molecule has 36 heavy (non-hydrogen) atoms. The summed E-state index contributed by atoms with van der Waals surface area (Å²) in [4.78, 5) is 13.3. The second-order valence-corrected chi connectivity index (χ2v) is 10.6. The number of rotatable bonds is 8. The van der Waals surface area contributed by atoms with Gasteiger partial charge in [0, 0.05) is 41.8 Å². The lowest BCUT2D eigenvalue weighted by atomic mass is 9.97. The minimum Gasteiger partial charge on any atom is -0.398 e.